The van der Waals surface area contributed by atoms with E-state index in [2.05, 4.69) is 22.9 Å². The Balaban J connectivity index is 2.24. The number of rotatable bonds is 2. The van der Waals surface area contributed by atoms with Crippen molar-refractivity contribution in [3.63, 3.8) is 0 Å². The maximum Gasteiger partial charge on any atom is 0.257 e. The summed E-state index contributed by atoms with van der Waals surface area (Å²) in [6, 6.07) is 5.35. The van der Waals surface area contributed by atoms with Gasteiger partial charge in [-0.05, 0) is 43.9 Å². The summed E-state index contributed by atoms with van der Waals surface area (Å²) in [6.45, 7) is 2.91. The number of piperidine rings is 1. The first-order valence-electron chi connectivity index (χ1n) is 6.43. The first-order chi connectivity index (χ1) is 8.63. The van der Waals surface area contributed by atoms with Crippen molar-refractivity contribution in [1.29, 1.82) is 0 Å². The van der Waals surface area contributed by atoms with Crippen LogP contribution in [0.25, 0.3) is 0 Å². The van der Waals surface area contributed by atoms with E-state index in [9.17, 15) is 9.90 Å². The lowest BCUT2D eigenvalue weighted by Crippen LogP contribution is -2.43. The van der Waals surface area contributed by atoms with Gasteiger partial charge < -0.3 is 10.0 Å². The van der Waals surface area contributed by atoms with Gasteiger partial charge in [-0.25, -0.2) is 0 Å². The van der Waals surface area contributed by atoms with Gasteiger partial charge >= 0.3 is 0 Å². The molecule has 0 spiro atoms. The summed E-state index contributed by atoms with van der Waals surface area (Å²) in [7, 11) is 0. The molecular formula is C14H18BrNO2. The normalized spacial score (nSPS) is 19.9. The molecule has 1 fully saturated rings. The number of carbonyl (C=O) groups is 1. The van der Waals surface area contributed by atoms with Crippen LogP contribution in [0.2, 0.25) is 0 Å². The highest BCUT2D eigenvalue weighted by atomic mass is 79.9. The molecule has 1 saturated heterocycles. The highest BCUT2D eigenvalue weighted by molar-refractivity contribution is 9.10. The second-order valence-corrected chi connectivity index (χ2v) is 5.63. The van der Waals surface area contributed by atoms with Crippen LogP contribution in [0.4, 0.5) is 0 Å². The minimum atomic E-state index is -0.0495. The summed E-state index contributed by atoms with van der Waals surface area (Å²) >= 11 is 3.28. The number of phenols is 1. The molecule has 0 aromatic heterocycles. The fourth-order valence-electron chi connectivity index (χ4n) is 2.53. The van der Waals surface area contributed by atoms with Gasteiger partial charge in [-0.3, -0.25) is 4.79 Å². The van der Waals surface area contributed by atoms with Crippen molar-refractivity contribution in [2.75, 3.05) is 6.54 Å². The van der Waals surface area contributed by atoms with Crippen LogP contribution in [-0.4, -0.2) is 28.5 Å². The lowest BCUT2D eigenvalue weighted by molar-refractivity contribution is 0.0605. The van der Waals surface area contributed by atoms with E-state index in [0.717, 1.165) is 30.3 Å². The van der Waals surface area contributed by atoms with E-state index in [4.69, 9.17) is 0 Å². The van der Waals surface area contributed by atoms with Crippen molar-refractivity contribution in [3.05, 3.63) is 28.2 Å². The number of amides is 1. The van der Waals surface area contributed by atoms with E-state index < -0.39 is 0 Å². The Morgan fingerprint density at radius 3 is 2.94 bits per heavy atom. The van der Waals surface area contributed by atoms with E-state index in [-0.39, 0.29) is 11.7 Å². The minimum absolute atomic E-state index is 0.0495. The number of nitrogens with zero attached hydrogens (tertiary/aromatic N) is 1. The van der Waals surface area contributed by atoms with Crippen molar-refractivity contribution < 1.29 is 9.90 Å². The molecule has 1 amide bonds. The molecule has 2 rings (SSSR count). The van der Waals surface area contributed by atoms with Crippen molar-refractivity contribution in [2.24, 2.45) is 0 Å². The quantitative estimate of drug-likeness (QED) is 0.907. The molecule has 98 valence electrons. The van der Waals surface area contributed by atoms with Gasteiger partial charge in [-0.15, -0.1) is 0 Å². The zero-order valence-electron chi connectivity index (χ0n) is 10.5. The number of aromatic hydroxyl groups is 1. The fourth-order valence-corrected chi connectivity index (χ4v) is 2.88. The summed E-state index contributed by atoms with van der Waals surface area (Å²) in [4.78, 5) is 14.4. The zero-order valence-corrected chi connectivity index (χ0v) is 12.1. The lowest BCUT2D eigenvalue weighted by atomic mass is 9.98. The van der Waals surface area contributed by atoms with Crippen LogP contribution in [0.15, 0.2) is 22.7 Å². The third kappa shape index (κ3) is 2.69. The van der Waals surface area contributed by atoms with E-state index in [1.807, 2.05) is 4.90 Å². The first kappa shape index (κ1) is 13.4. The summed E-state index contributed by atoms with van der Waals surface area (Å²) in [5, 5.41) is 9.87. The molecule has 1 atom stereocenters. The Hall–Kier alpha value is -1.03. The van der Waals surface area contributed by atoms with Crippen LogP contribution in [-0.2, 0) is 0 Å². The maximum absolute atomic E-state index is 12.5. The van der Waals surface area contributed by atoms with E-state index in [1.165, 1.54) is 6.42 Å². The van der Waals surface area contributed by atoms with Gasteiger partial charge in [0.1, 0.15) is 5.75 Å². The molecule has 0 bridgehead atoms. The molecule has 0 radical (unpaired) electrons. The topological polar surface area (TPSA) is 40.5 Å². The maximum atomic E-state index is 12.5. The van der Waals surface area contributed by atoms with Gasteiger partial charge in [0.2, 0.25) is 0 Å². The Bertz CT molecular complexity index is 447. The first-order valence-corrected chi connectivity index (χ1v) is 7.22. The number of halogens is 1. The second kappa shape index (κ2) is 5.74. The smallest absolute Gasteiger partial charge is 0.257 e. The number of phenolic OH excluding ortho intramolecular Hbond substituents is 1. The molecule has 1 aromatic carbocycles. The molecule has 1 unspecified atom stereocenters. The summed E-state index contributed by atoms with van der Waals surface area (Å²) in [5.41, 5.74) is 0.401. The molecule has 1 aliphatic heterocycles. The van der Waals surface area contributed by atoms with Gasteiger partial charge in [0, 0.05) is 17.1 Å². The Morgan fingerprint density at radius 2 is 2.28 bits per heavy atom. The van der Waals surface area contributed by atoms with Crippen molar-refractivity contribution >= 4 is 21.8 Å². The van der Waals surface area contributed by atoms with Crippen molar-refractivity contribution in [2.45, 2.75) is 38.6 Å². The molecule has 0 aliphatic carbocycles. The number of hydrogen-bond donors (Lipinski definition) is 1. The Morgan fingerprint density at radius 1 is 1.50 bits per heavy atom. The van der Waals surface area contributed by atoms with Crippen LogP contribution >= 0.6 is 15.9 Å². The third-order valence-electron chi connectivity index (χ3n) is 3.55. The standard InChI is InChI=1S/C14H18BrNO2/c1-2-11-5-3-4-8-16(11)14(18)12-7-6-10(15)9-13(12)17/h6-7,9,11,17H,2-5,8H2,1H3. The van der Waals surface area contributed by atoms with Gasteiger partial charge in [0.25, 0.3) is 5.91 Å². The highest BCUT2D eigenvalue weighted by Crippen LogP contribution is 2.27. The minimum Gasteiger partial charge on any atom is -0.507 e. The predicted molar refractivity (Wildman–Crippen MR) is 74.8 cm³/mol. The van der Waals surface area contributed by atoms with Gasteiger partial charge in [-0.1, -0.05) is 22.9 Å². The SMILES string of the molecule is CCC1CCCCN1C(=O)c1ccc(Br)cc1O. The van der Waals surface area contributed by atoms with Gasteiger partial charge in [0.15, 0.2) is 0 Å². The highest BCUT2D eigenvalue weighted by Gasteiger charge is 2.27. The summed E-state index contributed by atoms with van der Waals surface area (Å²) in [5.74, 6) is 0.00125. The van der Waals surface area contributed by atoms with Crippen molar-refractivity contribution in [1.82, 2.24) is 4.90 Å². The van der Waals surface area contributed by atoms with E-state index in [1.54, 1.807) is 18.2 Å². The number of likely N-dealkylation sites (tertiary alicyclic amines) is 1. The number of benzene rings is 1. The summed E-state index contributed by atoms with van der Waals surface area (Å²) < 4.78 is 0.780. The summed E-state index contributed by atoms with van der Waals surface area (Å²) in [6.07, 6.45) is 4.29. The Labute approximate surface area is 116 Å². The van der Waals surface area contributed by atoms with Crippen molar-refractivity contribution in [3.8, 4) is 5.75 Å². The van der Waals surface area contributed by atoms with Crippen LogP contribution in [0.1, 0.15) is 43.0 Å². The largest absolute Gasteiger partial charge is 0.507 e. The molecule has 0 saturated carbocycles. The molecule has 1 aliphatic rings. The zero-order chi connectivity index (χ0) is 13.1. The molecule has 18 heavy (non-hydrogen) atoms. The van der Waals surface area contributed by atoms with Gasteiger partial charge in [-0.2, -0.15) is 0 Å². The van der Waals surface area contributed by atoms with E-state index in [0.29, 0.717) is 11.6 Å². The molecule has 3 nitrogen and oxygen atoms in total. The number of carbonyl (C=O) groups excluding carboxylic acids is 1. The average Bonchev–Trinajstić information content (AvgIpc) is 2.38. The third-order valence-corrected chi connectivity index (χ3v) is 4.04. The lowest BCUT2D eigenvalue weighted by Gasteiger charge is -2.35. The second-order valence-electron chi connectivity index (χ2n) is 4.72. The molecular weight excluding hydrogens is 294 g/mol. The molecule has 1 heterocycles. The van der Waals surface area contributed by atoms with Crippen LogP contribution in [0, 0.1) is 0 Å². The van der Waals surface area contributed by atoms with E-state index >= 15 is 0 Å². The van der Waals surface area contributed by atoms with Gasteiger partial charge in [0.05, 0.1) is 5.56 Å². The monoisotopic (exact) mass is 311 g/mol. The van der Waals surface area contributed by atoms with Crippen LogP contribution in [0.5, 0.6) is 5.75 Å². The molecule has 1 aromatic rings. The average molecular weight is 312 g/mol. The fraction of sp³-hybridized carbons (Fsp3) is 0.500. The Kier molecular flexibility index (Phi) is 4.27. The molecule has 1 N–H and O–H groups in total. The number of hydrogen-bond acceptors (Lipinski definition) is 2. The molecule has 4 heteroatoms. The van der Waals surface area contributed by atoms with Crippen LogP contribution < -0.4 is 0 Å². The predicted octanol–water partition coefficient (Wildman–Crippen LogP) is 3.56. The van der Waals surface area contributed by atoms with Crippen LogP contribution in [0.3, 0.4) is 0 Å².